The van der Waals surface area contributed by atoms with E-state index in [0.717, 1.165) is 11.8 Å². The highest BCUT2D eigenvalue weighted by molar-refractivity contribution is 7.85. The van der Waals surface area contributed by atoms with E-state index in [2.05, 4.69) is 0 Å². The van der Waals surface area contributed by atoms with E-state index in [9.17, 15) is 8.42 Å². The lowest BCUT2D eigenvalue weighted by Gasteiger charge is -2.29. The summed E-state index contributed by atoms with van der Waals surface area (Å²) in [4.78, 5) is 0. The van der Waals surface area contributed by atoms with Gasteiger partial charge in [0.25, 0.3) is 10.1 Å². The third kappa shape index (κ3) is 6.19. The first-order chi connectivity index (χ1) is 9.13. The Morgan fingerprint density at radius 2 is 1.80 bits per heavy atom. The van der Waals surface area contributed by atoms with Crippen molar-refractivity contribution >= 4 is 21.7 Å². The van der Waals surface area contributed by atoms with Crippen LogP contribution in [-0.4, -0.2) is 34.2 Å². The Bertz CT molecular complexity index is 524. The number of halogens is 1. The van der Waals surface area contributed by atoms with E-state index in [4.69, 9.17) is 25.3 Å². The molecule has 0 spiro atoms. The maximum absolute atomic E-state index is 11.1. The fraction of sp³-hybridized carbons (Fsp3) is 0.538. The Labute approximate surface area is 124 Å². The van der Waals surface area contributed by atoms with Crippen molar-refractivity contribution in [3.8, 4) is 0 Å². The highest BCUT2D eigenvalue weighted by Crippen LogP contribution is 2.26. The van der Waals surface area contributed by atoms with E-state index >= 15 is 0 Å². The standard InChI is InChI=1S/C13H19ClO5S/c1-13(2,17-3)19-12(9-18-20(4,15)16)10-5-7-11(14)8-6-10/h5-8,12H,9H2,1-4H3/t12-/m0/s1. The molecule has 0 saturated heterocycles. The molecule has 0 aliphatic carbocycles. The Hall–Kier alpha value is -0.660. The fourth-order valence-electron chi connectivity index (χ4n) is 1.45. The molecule has 5 nitrogen and oxygen atoms in total. The van der Waals surface area contributed by atoms with Gasteiger partial charge in [0, 0.05) is 12.1 Å². The summed E-state index contributed by atoms with van der Waals surface area (Å²) in [7, 11) is -2.03. The molecule has 0 saturated carbocycles. The predicted molar refractivity (Wildman–Crippen MR) is 77.2 cm³/mol. The summed E-state index contributed by atoms with van der Waals surface area (Å²) in [5, 5.41) is 0.586. The summed E-state index contributed by atoms with van der Waals surface area (Å²) in [5.41, 5.74) is 0.753. The zero-order valence-electron chi connectivity index (χ0n) is 11.9. The van der Waals surface area contributed by atoms with Gasteiger partial charge in [-0.1, -0.05) is 23.7 Å². The first kappa shape index (κ1) is 17.4. The summed E-state index contributed by atoms with van der Waals surface area (Å²) in [6, 6.07) is 6.91. The molecule has 0 bridgehead atoms. The highest BCUT2D eigenvalue weighted by atomic mass is 35.5. The van der Waals surface area contributed by atoms with Crippen LogP contribution in [0.25, 0.3) is 0 Å². The highest BCUT2D eigenvalue weighted by Gasteiger charge is 2.25. The number of benzene rings is 1. The van der Waals surface area contributed by atoms with Gasteiger partial charge in [0.15, 0.2) is 5.79 Å². The minimum absolute atomic E-state index is 0.132. The van der Waals surface area contributed by atoms with Crippen LogP contribution in [0.3, 0.4) is 0 Å². The van der Waals surface area contributed by atoms with Gasteiger partial charge in [0.2, 0.25) is 0 Å². The molecule has 0 fully saturated rings. The van der Waals surface area contributed by atoms with Crippen molar-refractivity contribution in [2.24, 2.45) is 0 Å². The van der Waals surface area contributed by atoms with E-state index in [1.807, 2.05) is 0 Å². The summed E-state index contributed by atoms with van der Waals surface area (Å²) >= 11 is 5.83. The number of hydrogen-bond donors (Lipinski definition) is 0. The molecule has 0 heterocycles. The van der Waals surface area contributed by atoms with Crippen LogP contribution in [0.4, 0.5) is 0 Å². The van der Waals surface area contributed by atoms with Crippen LogP contribution in [0, 0.1) is 0 Å². The van der Waals surface area contributed by atoms with Gasteiger partial charge in [-0.3, -0.25) is 4.18 Å². The summed E-state index contributed by atoms with van der Waals surface area (Å²) in [6.07, 6.45) is 0.407. The van der Waals surface area contributed by atoms with Gasteiger partial charge < -0.3 is 9.47 Å². The number of methoxy groups -OCH3 is 1. The molecule has 0 aromatic heterocycles. The predicted octanol–water partition coefficient (Wildman–Crippen LogP) is 2.76. The van der Waals surface area contributed by atoms with E-state index in [1.54, 1.807) is 38.1 Å². The molecule has 0 N–H and O–H groups in total. The molecule has 114 valence electrons. The second-order valence-electron chi connectivity index (χ2n) is 4.75. The first-order valence-corrected chi connectivity index (χ1v) is 8.15. The summed E-state index contributed by atoms with van der Waals surface area (Å²) in [5.74, 6) is -0.870. The summed E-state index contributed by atoms with van der Waals surface area (Å²) in [6.45, 7) is 3.33. The topological polar surface area (TPSA) is 61.8 Å². The Kier molecular flexibility index (Phi) is 5.97. The molecule has 0 aliphatic rings. The molecule has 0 aliphatic heterocycles. The van der Waals surface area contributed by atoms with E-state index in [-0.39, 0.29) is 6.61 Å². The molecule has 0 unspecified atom stereocenters. The molecular weight excluding hydrogens is 304 g/mol. The molecule has 7 heteroatoms. The van der Waals surface area contributed by atoms with E-state index < -0.39 is 22.0 Å². The Morgan fingerprint density at radius 1 is 1.25 bits per heavy atom. The third-order valence-electron chi connectivity index (χ3n) is 2.59. The van der Waals surface area contributed by atoms with E-state index in [0.29, 0.717) is 5.02 Å². The van der Waals surface area contributed by atoms with Crippen LogP contribution in [0.1, 0.15) is 25.5 Å². The van der Waals surface area contributed by atoms with Gasteiger partial charge in [0.05, 0.1) is 12.9 Å². The molecule has 0 amide bonds. The fourth-order valence-corrected chi connectivity index (χ4v) is 1.95. The second-order valence-corrected chi connectivity index (χ2v) is 6.83. The molecule has 1 aromatic rings. The molecular formula is C13H19ClO5S. The average molecular weight is 323 g/mol. The lowest BCUT2D eigenvalue weighted by atomic mass is 10.1. The van der Waals surface area contributed by atoms with Crippen LogP contribution in [0.5, 0.6) is 0 Å². The average Bonchev–Trinajstić information content (AvgIpc) is 2.34. The minimum Gasteiger partial charge on any atom is -0.354 e. The number of hydrogen-bond acceptors (Lipinski definition) is 5. The maximum Gasteiger partial charge on any atom is 0.264 e. The number of rotatable bonds is 7. The molecule has 1 atom stereocenters. The Morgan fingerprint density at radius 3 is 2.25 bits per heavy atom. The summed E-state index contributed by atoms with van der Waals surface area (Å²) < 4.78 is 38.0. The van der Waals surface area contributed by atoms with Gasteiger partial charge in [-0.2, -0.15) is 8.42 Å². The van der Waals surface area contributed by atoms with Gasteiger partial charge in [0.1, 0.15) is 6.10 Å². The van der Waals surface area contributed by atoms with Gasteiger partial charge >= 0.3 is 0 Å². The zero-order chi connectivity index (χ0) is 15.4. The monoisotopic (exact) mass is 322 g/mol. The van der Waals surface area contributed by atoms with Crippen LogP contribution < -0.4 is 0 Å². The first-order valence-electron chi connectivity index (χ1n) is 5.96. The zero-order valence-corrected chi connectivity index (χ0v) is 13.5. The quantitative estimate of drug-likeness (QED) is 0.570. The third-order valence-corrected chi connectivity index (χ3v) is 3.41. The lowest BCUT2D eigenvalue weighted by molar-refractivity contribution is -0.230. The van der Waals surface area contributed by atoms with Crippen LogP contribution in [0.2, 0.25) is 5.02 Å². The normalized spacial score (nSPS) is 14.2. The maximum atomic E-state index is 11.1. The Balaban J connectivity index is 2.91. The molecule has 1 rings (SSSR count). The largest absolute Gasteiger partial charge is 0.354 e. The van der Waals surface area contributed by atoms with Crippen molar-refractivity contribution in [1.82, 2.24) is 0 Å². The molecule has 1 aromatic carbocycles. The van der Waals surface area contributed by atoms with Crippen molar-refractivity contribution < 1.29 is 22.1 Å². The van der Waals surface area contributed by atoms with Crippen LogP contribution in [0.15, 0.2) is 24.3 Å². The lowest BCUT2D eigenvalue weighted by Crippen LogP contribution is -2.31. The second kappa shape index (κ2) is 6.87. The van der Waals surface area contributed by atoms with Crippen LogP contribution >= 0.6 is 11.6 Å². The van der Waals surface area contributed by atoms with Gasteiger partial charge in [-0.15, -0.1) is 0 Å². The van der Waals surface area contributed by atoms with Crippen LogP contribution in [-0.2, 0) is 23.8 Å². The number of ether oxygens (including phenoxy) is 2. The SMILES string of the molecule is COC(C)(C)O[C@@H](COS(C)(=O)=O)c1ccc(Cl)cc1. The van der Waals surface area contributed by atoms with Crippen molar-refractivity contribution in [1.29, 1.82) is 0 Å². The van der Waals surface area contributed by atoms with Crippen molar-refractivity contribution in [3.63, 3.8) is 0 Å². The van der Waals surface area contributed by atoms with E-state index in [1.165, 1.54) is 7.11 Å². The minimum atomic E-state index is -3.54. The smallest absolute Gasteiger partial charge is 0.264 e. The molecule has 0 radical (unpaired) electrons. The van der Waals surface area contributed by atoms with Gasteiger partial charge in [-0.05, 0) is 31.5 Å². The molecule has 20 heavy (non-hydrogen) atoms. The van der Waals surface area contributed by atoms with Gasteiger partial charge in [-0.25, -0.2) is 0 Å². The van der Waals surface area contributed by atoms with Crippen molar-refractivity contribution in [3.05, 3.63) is 34.9 Å². The van der Waals surface area contributed by atoms with Crippen molar-refractivity contribution in [2.45, 2.75) is 25.7 Å². The van der Waals surface area contributed by atoms with Crippen molar-refractivity contribution in [2.75, 3.05) is 20.0 Å².